The van der Waals surface area contributed by atoms with Crippen molar-refractivity contribution in [3.05, 3.63) is 29.0 Å². The smallest absolute Gasteiger partial charge is 0.129 e. The van der Waals surface area contributed by atoms with Crippen molar-refractivity contribution in [1.82, 2.24) is 4.98 Å². The van der Waals surface area contributed by atoms with Crippen molar-refractivity contribution in [3.63, 3.8) is 0 Å². The second-order valence-corrected chi connectivity index (χ2v) is 2.01. The molecule has 0 aliphatic rings. The van der Waals surface area contributed by atoms with Crippen LogP contribution in [0.15, 0.2) is 18.3 Å². The average molecular weight is 146 g/mol. The van der Waals surface area contributed by atoms with Crippen LogP contribution in [-0.2, 0) is 6.67 Å². The zero-order valence-electron chi connectivity index (χ0n) is 4.64. The molecule has 0 bridgehead atoms. The fourth-order valence-electron chi connectivity index (χ4n) is 0.526. The van der Waals surface area contributed by atoms with Crippen LogP contribution in [0.5, 0.6) is 0 Å². The third-order valence-electron chi connectivity index (χ3n) is 0.945. The minimum absolute atomic E-state index is 0.338. The highest BCUT2D eigenvalue weighted by atomic mass is 35.5. The molecule has 0 atom stereocenters. The summed E-state index contributed by atoms with van der Waals surface area (Å²) in [6, 6.07) is 3.09. The third-order valence-corrected chi connectivity index (χ3v) is 1.15. The molecule has 9 heavy (non-hydrogen) atoms. The number of hydrogen-bond donors (Lipinski definition) is 0. The van der Waals surface area contributed by atoms with Crippen LogP contribution in [0.2, 0.25) is 5.15 Å². The Balaban J connectivity index is 2.94. The Morgan fingerprint density at radius 1 is 1.67 bits per heavy atom. The molecule has 1 nitrogen and oxygen atoms in total. The maximum atomic E-state index is 11.8. The summed E-state index contributed by atoms with van der Waals surface area (Å²) in [4.78, 5) is 3.69. The van der Waals surface area contributed by atoms with Gasteiger partial charge in [0.25, 0.3) is 0 Å². The molecule has 0 N–H and O–H groups in total. The normalized spacial score (nSPS) is 9.56. The second kappa shape index (κ2) is 2.78. The first kappa shape index (κ1) is 6.49. The predicted molar refractivity (Wildman–Crippen MR) is 34.1 cm³/mol. The molecule has 0 spiro atoms. The van der Waals surface area contributed by atoms with Crippen molar-refractivity contribution in [2.45, 2.75) is 6.67 Å². The van der Waals surface area contributed by atoms with Crippen LogP contribution in [0.25, 0.3) is 0 Å². The lowest BCUT2D eigenvalue weighted by Crippen LogP contribution is -1.79. The van der Waals surface area contributed by atoms with E-state index < -0.39 is 6.67 Å². The molecule has 0 saturated heterocycles. The second-order valence-electron chi connectivity index (χ2n) is 1.62. The van der Waals surface area contributed by atoms with Crippen LogP contribution < -0.4 is 0 Å². The van der Waals surface area contributed by atoms with E-state index >= 15 is 0 Å². The van der Waals surface area contributed by atoms with Gasteiger partial charge in [0.05, 0.1) is 0 Å². The van der Waals surface area contributed by atoms with E-state index in [1.54, 1.807) is 6.07 Å². The third kappa shape index (κ3) is 1.64. The largest absolute Gasteiger partial charge is 0.246 e. The average Bonchev–Trinajstić information content (AvgIpc) is 1.88. The van der Waals surface area contributed by atoms with Gasteiger partial charge in [0.1, 0.15) is 11.8 Å². The Morgan fingerprint density at radius 3 is 2.89 bits per heavy atom. The van der Waals surface area contributed by atoms with Gasteiger partial charge in [-0.15, -0.1) is 0 Å². The van der Waals surface area contributed by atoms with E-state index in [2.05, 4.69) is 4.98 Å². The maximum Gasteiger partial charge on any atom is 0.129 e. The van der Waals surface area contributed by atoms with Gasteiger partial charge >= 0.3 is 0 Å². The number of aromatic nitrogens is 1. The van der Waals surface area contributed by atoms with Crippen LogP contribution in [-0.4, -0.2) is 4.98 Å². The predicted octanol–water partition coefficient (Wildman–Crippen LogP) is 2.20. The van der Waals surface area contributed by atoms with Crippen molar-refractivity contribution in [3.8, 4) is 0 Å². The van der Waals surface area contributed by atoms with Crippen LogP contribution in [0, 0.1) is 0 Å². The lowest BCUT2D eigenvalue weighted by molar-refractivity contribution is 0.485. The number of nitrogens with zero attached hydrogens (tertiary/aromatic N) is 1. The molecule has 1 aromatic rings. The highest BCUT2D eigenvalue weighted by Crippen LogP contribution is 2.07. The summed E-state index contributed by atoms with van der Waals surface area (Å²) in [5.41, 5.74) is 0.565. The van der Waals surface area contributed by atoms with Gasteiger partial charge in [-0.2, -0.15) is 0 Å². The Bertz CT molecular complexity index is 202. The summed E-state index contributed by atoms with van der Waals surface area (Å²) in [6.45, 7) is -0.484. The molecule has 0 aliphatic heterocycles. The Kier molecular flexibility index (Phi) is 2.01. The van der Waals surface area contributed by atoms with Crippen molar-refractivity contribution in [2.75, 3.05) is 0 Å². The number of rotatable bonds is 1. The summed E-state index contributed by atoms with van der Waals surface area (Å²) in [6.07, 6.45) is 1.48. The molecule has 1 heterocycles. The Hall–Kier alpha value is -0.630. The molecule has 0 fully saturated rings. The van der Waals surface area contributed by atoms with Crippen LogP contribution in [0.3, 0.4) is 0 Å². The molecule has 0 amide bonds. The van der Waals surface area contributed by atoms with Crippen molar-refractivity contribution >= 4 is 11.6 Å². The summed E-state index contributed by atoms with van der Waals surface area (Å²) >= 11 is 5.45. The topological polar surface area (TPSA) is 12.9 Å². The Morgan fingerprint density at radius 2 is 2.44 bits per heavy atom. The molecule has 0 aliphatic carbocycles. The molecule has 1 aromatic heterocycles. The lowest BCUT2D eigenvalue weighted by Gasteiger charge is -1.91. The van der Waals surface area contributed by atoms with E-state index in [9.17, 15) is 4.39 Å². The molecule has 48 valence electrons. The highest BCUT2D eigenvalue weighted by Gasteiger charge is 1.90. The summed E-state index contributed by atoms with van der Waals surface area (Å²) in [7, 11) is 0. The van der Waals surface area contributed by atoms with Crippen molar-refractivity contribution in [1.29, 1.82) is 0 Å². The van der Waals surface area contributed by atoms with E-state index in [1.807, 2.05) is 0 Å². The molecule has 0 saturated carbocycles. The SMILES string of the molecule is FCc1ccnc(Cl)c1. The fourth-order valence-corrected chi connectivity index (χ4v) is 0.722. The van der Waals surface area contributed by atoms with Gasteiger partial charge in [-0.3, -0.25) is 0 Å². The van der Waals surface area contributed by atoms with Gasteiger partial charge in [-0.1, -0.05) is 11.6 Å². The number of alkyl halides is 1. The van der Waals surface area contributed by atoms with Crippen LogP contribution in [0.4, 0.5) is 4.39 Å². The molecule has 0 aromatic carbocycles. The van der Waals surface area contributed by atoms with E-state index in [4.69, 9.17) is 11.6 Å². The van der Waals surface area contributed by atoms with Gasteiger partial charge < -0.3 is 0 Å². The first-order chi connectivity index (χ1) is 4.33. The fraction of sp³-hybridized carbons (Fsp3) is 0.167. The van der Waals surface area contributed by atoms with Crippen LogP contribution in [0.1, 0.15) is 5.56 Å². The standard InChI is InChI=1S/C6H5ClFN/c7-6-3-5(4-8)1-2-9-6/h1-3H,4H2. The zero-order valence-corrected chi connectivity index (χ0v) is 5.40. The maximum absolute atomic E-state index is 11.8. The number of hydrogen-bond acceptors (Lipinski definition) is 1. The van der Waals surface area contributed by atoms with E-state index in [0.29, 0.717) is 10.7 Å². The van der Waals surface area contributed by atoms with E-state index in [-0.39, 0.29) is 0 Å². The summed E-state index contributed by atoms with van der Waals surface area (Å²) < 4.78 is 11.8. The highest BCUT2D eigenvalue weighted by molar-refractivity contribution is 6.29. The molecular formula is C6H5ClFN. The first-order valence-corrected chi connectivity index (χ1v) is 2.87. The minimum Gasteiger partial charge on any atom is -0.246 e. The van der Waals surface area contributed by atoms with Gasteiger partial charge in [0, 0.05) is 6.20 Å². The molecule has 1 rings (SSSR count). The minimum atomic E-state index is -0.484. The molecule has 0 radical (unpaired) electrons. The van der Waals surface area contributed by atoms with E-state index in [0.717, 1.165) is 0 Å². The van der Waals surface area contributed by atoms with Crippen molar-refractivity contribution in [2.24, 2.45) is 0 Å². The van der Waals surface area contributed by atoms with E-state index in [1.165, 1.54) is 12.3 Å². The van der Waals surface area contributed by atoms with Crippen LogP contribution >= 0.6 is 11.6 Å². The molecule has 3 heteroatoms. The number of pyridine rings is 1. The summed E-state index contributed by atoms with van der Waals surface area (Å²) in [5, 5.41) is 0.338. The van der Waals surface area contributed by atoms with Gasteiger partial charge in [-0.05, 0) is 17.7 Å². The molecule has 0 unspecified atom stereocenters. The monoisotopic (exact) mass is 145 g/mol. The van der Waals surface area contributed by atoms with Gasteiger partial charge in [0.2, 0.25) is 0 Å². The quantitative estimate of drug-likeness (QED) is 0.552. The van der Waals surface area contributed by atoms with Gasteiger partial charge in [-0.25, -0.2) is 9.37 Å². The van der Waals surface area contributed by atoms with Crippen molar-refractivity contribution < 1.29 is 4.39 Å². The Labute approximate surface area is 57.5 Å². The molecular weight excluding hydrogens is 141 g/mol. The number of halogens is 2. The zero-order chi connectivity index (χ0) is 6.69. The first-order valence-electron chi connectivity index (χ1n) is 2.49. The lowest BCUT2D eigenvalue weighted by atomic mass is 10.3. The summed E-state index contributed by atoms with van der Waals surface area (Å²) in [5.74, 6) is 0. The van der Waals surface area contributed by atoms with Gasteiger partial charge in [0.15, 0.2) is 0 Å².